The van der Waals surface area contributed by atoms with Crippen molar-refractivity contribution in [3.8, 4) is 5.75 Å². The zero-order chi connectivity index (χ0) is 18.9. The Morgan fingerprint density at radius 1 is 1.12 bits per heavy atom. The normalized spacial score (nSPS) is 17.6. The standard InChI is InChI=1S/C18H19N3O4S/c1-11(2)16(18(23)19-13-8-4-5-9-14(13)22)20-17-12-7-3-6-10-15(12)26(24,25)21-17/h3-11,16,22H,1-2H3,(H,19,23)(H,20,21)/t16-/m0/s1. The van der Waals surface area contributed by atoms with E-state index in [0.717, 1.165) is 0 Å². The van der Waals surface area contributed by atoms with Gasteiger partial charge in [-0.1, -0.05) is 38.1 Å². The summed E-state index contributed by atoms with van der Waals surface area (Å²) in [6.07, 6.45) is 0. The molecule has 1 aliphatic rings. The molecule has 0 fully saturated rings. The van der Waals surface area contributed by atoms with E-state index in [4.69, 9.17) is 0 Å². The number of phenols is 1. The molecular formula is C18H19N3O4S. The lowest BCUT2D eigenvalue weighted by Gasteiger charge is -2.17. The van der Waals surface area contributed by atoms with Crippen LogP contribution in [0.3, 0.4) is 0 Å². The van der Waals surface area contributed by atoms with Crippen molar-refractivity contribution in [3.63, 3.8) is 0 Å². The number of aliphatic imine (C=N–C) groups is 1. The number of carbonyl (C=O) groups excluding carboxylic acids is 1. The topological polar surface area (TPSA) is 108 Å². The minimum atomic E-state index is -3.67. The summed E-state index contributed by atoms with van der Waals surface area (Å²) in [5.41, 5.74) is 0.712. The number of nitrogens with one attached hydrogen (secondary N) is 2. The third kappa shape index (κ3) is 3.41. The fraction of sp³-hybridized carbons (Fsp3) is 0.222. The lowest BCUT2D eigenvalue weighted by Crippen LogP contribution is -2.34. The summed E-state index contributed by atoms with van der Waals surface area (Å²) < 4.78 is 26.8. The van der Waals surface area contributed by atoms with Crippen molar-refractivity contribution in [2.24, 2.45) is 10.9 Å². The van der Waals surface area contributed by atoms with Crippen molar-refractivity contribution < 1.29 is 18.3 Å². The Morgan fingerprint density at radius 3 is 2.46 bits per heavy atom. The number of amidine groups is 1. The van der Waals surface area contributed by atoms with Crippen LogP contribution in [0.1, 0.15) is 19.4 Å². The highest BCUT2D eigenvalue weighted by molar-refractivity contribution is 7.90. The third-order valence-corrected chi connectivity index (χ3v) is 5.39. The molecule has 1 atom stereocenters. The quantitative estimate of drug-likeness (QED) is 0.713. The average Bonchev–Trinajstić information content (AvgIpc) is 2.85. The van der Waals surface area contributed by atoms with Gasteiger partial charge in [0.1, 0.15) is 17.6 Å². The summed E-state index contributed by atoms with van der Waals surface area (Å²) in [5.74, 6) is -0.530. The molecule has 0 bridgehead atoms. The number of fused-ring (bicyclic) bond motifs is 1. The number of aromatic hydroxyl groups is 1. The van der Waals surface area contributed by atoms with Crippen LogP contribution in [0.25, 0.3) is 0 Å². The van der Waals surface area contributed by atoms with Gasteiger partial charge in [0.05, 0.1) is 10.6 Å². The van der Waals surface area contributed by atoms with E-state index in [0.29, 0.717) is 5.56 Å². The zero-order valence-corrected chi connectivity index (χ0v) is 15.1. The van der Waals surface area contributed by atoms with Gasteiger partial charge >= 0.3 is 0 Å². The Kier molecular flexibility index (Phi) is 4.69. The summed E-state index contributed by atoms with van der Waals surface area (Å²) in [4.78, 5) is 17.2. The fourth-order valence-electron chi connectivity index (χ4n) is 2.67. The maximum absolute atomic E-state index is 12.7. The molecule has 0 radical (unpaired) electrons. The SMILES string of the molecule is CC(C)[C@H](N=C1NS(=O)(=O)c2ccccc21)C(=O)Nc1ccccc1O. The predicted octanol–water partition coefficient (Wildman–Crippen LogP) is 2.09. The largest absolute Gasteiger partial charge is 0.506 e. The molecule has 7 nitrogen and oxygen atoms in total. The lowest BCUT2D eigenvalue weighted by atomic mass is 10.0. The number of anilines is 1. The molecule has 0 aliphatic carbocycles. The van der Waals surface area contributed by atoms with Gasteiger partial charge in [-0.15, -0.1) is 0 Å². The molecule has 0 saturated heterocycles. The van der Waals surface area contributed by atoms with Crippen LogP contribution in [0.5, 0.6) is 5.75 Å². The maximum atomic E-state index is 12.7. The highest BCUT2D eigenvalue weighted by Gasteiger charge is 2.32. The van der Waals surface area contributed by atoms with Gasteiger partial charge in [-0.05, 0) is 30.2 Å². The van der Waals surface area contributed by atoms with Crippen molar-refractivity contribution in [1.82, 2.24) is 4.72 Å². The van der Waals surface area contributed by atoms with Crippen LogP contribution in [0.4, 0.5) is 5.69 Å². The molecule has 0 aromatic heterocycles. The van der Waals surface area contributed by atoms with Crippen molar-refractivity contribution in [2.75, 3.05) is 5.32 Å². The lowest BCUT2D eigenvalue weighted by molar-refractivity contribution is -0.118. The van der Waals surface area contributed by atoms with Gasteiger partial charge < -0.3 is 10.4 Å². The van der Waals surface area contributed by atoms with Gasteiger partial charge in [0.2, 0.25) is 5.91 Å². The Labute approximate surface area is 151 Å². The number of rotatable bonds is 4. The summed E-state index contributed by atoms with van der Waals surface area (Å²) >= 11 is 0. The highest BCUT2D eigenvalue weighted by Crippen LogP contribution is 2.25. The highest BCUT2D eigenvalue weighted by atomic mass is 32.2. The summed E-state index contributed by atoms with van der Waals surface area (Å²) in [6.45, 7) is 3.63. The van der Waals surface area contributed by atoms with Gasteiger partial charge in [0, 0.05) is 5.56 Å². The molecule has 8 heteroatoms. The molecule has 0 unspecified atom stereocenters. The second kappa shape index (κ2) is 6.80. The first-order chi connectivity index (χ1) is 12.3. The maximum Gasteiger partial charge on any atom is 0.263 e. The van der Waals surface area contributed by atoms with E-state index in [1.807, 2.05) is 13.8 Å². The number of hydrogen-bond acceptors (Lipinski definition) is 5. The van der Waals surface area contributed by atoms with Crippen LogP contribution in [0, 0.1) is 5.92 Å². The van der Waals surface area contributed by atoms with Crippen LogP contribution >= 0.6 is 0 Å². The molecule has 0 spiro atoms. The van der Waals surface area contributed by atoms with E-state index in [1.165, 1.54) is 12.1 Å². The van der Waals surface area contributed by atoms with E-state index in [9.17, 15) is 18.3 Å². The number of carbonyl (C=O) groups is 1. The molecule has 1 aliphatic heterocycles. The van der Waals surface area contributed by atoms with Crippen molar-refractivity contribution in [1.29, 1.82) is 0 Å². The van der Waals surface area contributed by atoms with Crippen molar-refractivity contribution in [3.05, 3.63) is 54.1 Å². The number of nitrogens with zero attached hydrogens (tertiary/aromatic N) is 1. The summed E-state index contributed by atoms with van der Waals surface area (Å²) in [5, 5.41) is 12.5. The molecule has 0 saturated carbocycles. The molecule has 26 heavy (non-hydrogen) atoms. The van der Waals surface area contributed by atoms with Crippen molar-refractivity contribution in [2.45, 2.75) is 24.8 Å². The van der Waals surface area contributed by atoms with E-state index in [-0.39, 0.29) is 28.1 Å². The molecule has 2 aromatic rings. The molecule has 3 N–H and O–H groups in total. The number of sulfonamides is 1. The Balaban J connectivity index is 1.94. The van der Waals surface area contributed by atoms with Crippen LogP contribution in [-0.4, -0.2) is 31.3 Å². The van der Waals surface area contributed by atoms with Crippen LogP contribution < -0.4 is 10.0 Å². The molecule has 2 aromatic carbocycles. The number of para-hydroxylation sites is 2. The van der Waals surface area contributed by atoms with Gasteiger partial charge in [-0.2, -0.15) is 0 Å². The molecule has 1 heterocycles. The third-order valence-electron chi connectivity index (χ3n) is 3.99. The second-order valence-corrected chi connectivity index (χ2v) is 7.93. The first-order valence-electron chi connectivity index (χ1n) is 8.08. The smallest absolute Gasteiger partial charge is 0.263 e. The number of benzene rings is 2. The Morgan fingerprint density at radius 2 is 1.77 bits per heavy atom. The number of phenolic OH excluding ortho intramolecular Hbond substituents is 1. The zero-order valence-electron chi connectivity index (χ0n) is 14.3. The molecule has 136 valence electrons. The van der Waals surface area contributed by atoms with Crippen molar-refractivity contribution >= 4 is 27.5 Å². The minimum absolute atomic E-state index is 0.0528. The van der Waals surface area contributed by atoms with Gasteiger partial charge in [0.15, 0.2) is 0 Å². The van der Waals surface area contributed by atoms with Crippen LogP contribution in [-0.2, 0) is 14.8 Å². The minimum Gasteiger partial charge on any atom is -0.506 e. The van der Waals surface area contributed by atoms with E-state index in [2.05, 4.69) is 15.0 Å². The van der Waals surface area contributed by atoms with E-state index >= 15 is 0 Å². The average molecular weight is 373 g/mol. The fourth-order valence-corrected chi connectivity index (χ4v) is 3.90. The summed E-state index contributed by atoms with van der Waals surface area (Å²) in [6, 6.07) is 12.0. The number of hydrogen-bond donors (Lipinski definition) is 3. The second-order valence-electron chi connectivity index (χ2n) is 6.27. The molecular weight excluding hydrogens is 354 g/mol. The molecule has 3 rings (SSSR count). The van der Waals surface area contributed by atoms with E-state index < -0.39 is 22.0 Å². The Hall–Kier alpha value is -2.87. The first kappa shape index (κ1) is 17.9. The van der Waals surface area contributed by atoms with Gasteiger partial charge in [-0.3, -0.25) is 14.5 Å². The number of amides is 1. The Bertz CT molecular complexity index is 983. The predicted molar refractivity (Wildman–Crippen MR) is 98.7 cm³/mol. The van der Waals surface area contributed by atoms with Gasteiger partial charge in [0.25, 0.3) is 10.0 Å². The van der Waals surface area contributed by atoms with Crippen LogP contribution in [0.15, 0.2) is 58.4 Å². The monoisotopic (exact) mass is 373 g/mol. The first-order valence-corrected chi connectivity index (χ1v) is 9.57. The molecule has 1 amide bonds. The van der Waals surface area contributed by atoms with Gasteiger partial charge in [-0.25, -0.2) is 8.42 Å². The van der Waals surface area contributed by atoms with E-state index in [1.54, 1.807) is 36.4 Å². The van der Waals surface area contributed by atoms with Crippen LogP contribution in [0.2, 0.25) is 0 Å². The summed E-state index contributed by atoms with van der Waals surface area (Å²) in [7, 11) is -3.67.